The van der Waals surface area contributed by atoms with Crippen molar-refractivity contribution in [2.24, 2.45) is 0 Å². The van der Waals surface area contributed by atoms with E-state index >= 15 is 0 Å². The van der Waals surface area contributed by atoms with E-state index in [1.807, 2.05) is 6.08 Å². The van der Waals surface area contributed by atoms with Gasteiger partial charge >= 0.3 is 0 Å². The van der Waals surface area contributed by atoms with Gasteiger partial charge in [-0.05, 0) is 32.1 Å². The Morgan fingerprint density at radius 1 is 0.643 bits per heavy atom. The maximum absolute atomic E-state index is 5.77. The van der Waals surface area contributed by atoms with E-state index < -0.39 is 0 Å². The van der Waals surface area contributed by atoms with Crippen molar-refractivity contribution in [3.05, 3.63) is 24.8 Å². The van der Waals surface area contributed by atoms with Gasteiger partial charge in [0, 0.05) is 0 Å². The van der Waals surface area contributed by atoms with Crippen LogP contribution in [0.4, 0.5) is 0 Å². The van der Waals surface area contributed by atoms with Gasteiger partial charge in [0.1, 0.15) is 6.10 Å². The lowest BCUT2D eigenvalue weighted by Crippen LogP contribution is -1.91. The van der Waals surface area contributed by atoms with Gasteiger partial charge in [-0.2, -0.15) is 0 Å². The van der Waals surface area contributed by atoms with Crippen molar-refractivity contribution < 1.29 is 4.74 Å². The van der Waals surface area contributed by atoms with Crippen LogP contribution >= 0.6 is 0 Å². The Labute approximate surface area is 177 Å². The zero-order valence-corrected chi connectivity index (χ0v) is 19.1. The average molecular weight is 391 g/mol. The molecular formula is C27H50O. The average Bonchev–Trinajstić information content (AvgIpc) is 3.45. The predicted molar refractivity (Wildman–Crippen MR) is 126 cm³/mol. The van der Waals surface area contributed by atoms with Crippen LogP contribution in [0.3, 0.4) is 0 Å². The molecule has 28 heavy (non-hydrogen) atoms. The van der Waals surface area contributed by atoms with Crippen LogP contribution in [0, 0.1) is 0 Å². The smallest absolute Gasteiger partial charge is 0.102 e. The monoisotopic (exact) mass is 390 g/mol. The largest absolute Gasteiger partial charge is 0.365 e. The number of allylic oxidation sites excluding steroid dienone is 2. The number of unbranched alkanes of at least 4 members (excludes halogenated alkanes) is 17. The summed E-state index contributed by atoms with van der Waals surface area (Å²) in [6.45, 7) is 6.06. The van der Waals surface area contributed by atoms with Gasteiger partial charge in [-0.15, -0.1) is 6.58 Å². The van der Waals surface area contributed by atoms with Crippen LogP contribution in [0.5, 0.6) is 0 Å². The molecule has 0 aromatic heterocycles. The lowest BCUT2D eigenvalue weighted by atomic mass is 10.0. The Kier molecular flexibility index (Phi) is 18.0. The lowest BCUT2D eigenvalue weighted by Gasteiger charge is -2.03. The van der Waals surface area contributed by atoms with Crippen molar-refractivity contribution in [1.29, 1.82) is 0 Å². The Balaban J connectivity index is 1.72. The summed E-state index contributed by atoms with van der Waals surface area (Å²) in [5.74, 6) is 0. The molecule has 1 nitrogen and oxygen atoms in total. The second-order valence-electron chi connectivity index (χ2n) is 8.88. The van der Waals surface area contributed by atoms with E-state index in [9.17, 15) is 0 Å². The Bertz CT molecular complexity index is 359. The second kappa shape index (κ2) is 19.7. The summed E-state index contributed by atoms with van der Waals surface area (Å²) in [4.78, 5) is 0. The van der Waals surface area contributed by atoms with Crippen LogP contribution in [0.15, 0.2) is 24.8 Å². The molecule has 2 atom stereocenters. The number of epoxide rings is 1. The number of ether oxygens (including phenoxy) is 1. The molecule has 0 aromatic carbocycles. The standard InChI is InChI=1S/C27H50O/c1-3-5-7-9-11-12-13-14-15-16-17-18-19-21-23-25-27-26(28-27)24-22-20-10-8-6-4-2/h3,22,24,26-27H,1,4-21,23,25H2,2H3/b24-22-. The minimum absolute atomic E-state index is 0.452. The molecular weight excluding hydrogens is 340 g/mol. The van der Waals surface area contributed by atoms with E-state index in [-0.39, 0.29) is 0 Å². The fourth-order valence-electron chi connectivity index (χ4n) is 4.06. The van der Waals surface area contributed by atoms with Gasteiger partial charge in [-0.1, -0.05) is 121 Å². The molecule has 1 aliphatic rings. The molecule has 1 heterocycles. The van der Waals surface area contributed by atoms with Gasteiger partial charge in [0.25, 0.3) is 0 Å². The first-order chi connectivity index (χ1) is 13.9. The minimum Gasteiger partial charge on any atom is -0.365 e. The summed E-state index contributed by atoms with van der Waals surface area (Å²) in [6, 6.07) is 0. The molecule has 1 heteroatoms. The molecule has 0 radical (unpaired) electrons. The molecule has 0 saturated carbocycles. The molecule has 0 aromatic rings. The van der Waals surface area contributed by atoms with Gasteiger partial charge in [0.2, 0.25) is 0 Å². The van der Waals surface area contributed by atoms with Crippen molar-refractivity contribution in [3.63, 3.8) is 0 Å². The van der Waals surface area contributed by atoms with Crippen molar-refractivity contribution in [2.45, 2.75) is 148 Å². The SMILES string of the molecule is C=CCCCCCCCCCCCCCCCC1OC1/C=C\CCCCCC. The molecule has 1 aliphatic heterocycles. The van der Waals surface area contributed by atoms with Gasteiger partial charge in [-0.25, -0.2) is 0 Å². The first kappa shape index (κ1) is 25.5. The zero-order chi connectivity index (χ0) is 20.1. The normalized spacial score (nSPS) is 18.8. The number of rotatable bonds is 22. The molecule has 2 unspecified atom stereocenters. The van der Waals surface area contributed by atoms with Gasteiger partial charge in [0.15, 0.2) is 0 Å². The molecule has 164 valence electrons. The quantitative estimate of drug-likeness (QED) is 0.102. The first-order valence-electron chi connectivity index (χ1n) is 12.8. The molecule has 1 saturated heterocycles. The molecule has 0 aliphatic carbocycles. The molecule has 0 spiro atoms. The summed E-state index contributed by atoms with van der Waals surface area (Å²) < 4.78 is 5.77. The van der Waals surface area contributed by atoms with Gasteiger partial charge in [-0.3, -0.25) is 0 Å². The van der Waals surface area contributed by atoms with Crippen LogP contribution < -0.4 is 0 Å². The Morgan fingerprint density at radius 3 is 1.71 bits per heavy atom. The third-order valence-electron chi connectivity index (χ3n) is 6.07. The molecule has 0 bridgehead atoms. The van der Waals surface area contributed by atoms with E-state index in [1.54, 1.807) is 0 Å². The fraction of sp³-hybridized carbons (Fsp3) is 0.852. The molecule has 0 amide bonds. The predicted octanol–water partition coefficient (Wildman–Crippen LogP) is 9.32. The summed E-state index contributed by atoms with van der Waals surface area (Å²) in [7, 11) is 0. The second-order valence-corrected chi connectivity index (χ2v) is 8.88. The highest BCUT2D eigenvalue weighted by Gasteiger charge is 2.35. The Hall–Kier alpha value is -0.560. The highest BCUT2D eigenvalue weighted by Crippen LogP contribution is 2.29. The molecule has 0 N–H and O–H groups in total. The summed E-state index contributed by atoms with van der Waals surface area (Å²) in [6.07, 6.45) is 35.3. The van der Waals surface area contributed by atoms with Crippen LogP contribution in [0.2, 0.25) is 0 Å². The third-order valence-corrected chi connectivity index (χ3v) is 6.07. The van der Waals surface area contributed by atoms with E-state index in [2.05, 4.69) is 25.7 Å². The van der Waals surface area contributed by atoms with Gasteiger partial charge in [0.05, 0.1) is 6.10 Å². The van der Waals surface area contributed by atoms with E-state index in [4.69, 9.17) is 4.74 Å². The highest BCUT2D eigenvalue weighted by molar-refractivity contribution is 5.02. The van der Waals surface area contributed by atoms with Crippen molar-refractivity contribution in [2.75, 3.05) is 0 Å². The Morgan fingerprint density at radius 2 is 1.14 bits per heavy atom. The topological polar surface area (TPSA) is 12.5 Å². The zero-order valence-electron chi connectivity index (χ0n) is 19.1. The van der Waals surface area contributed by atoms with Crippen molar-refractivity contribution in [3.8, 4) is 0 Å². The van der Waals surface area contributed by atoms with Crippen LogP contribution in [0.1, 0.15) is 135 Å². The van der Waals surface area contributed by atoms with Crippen LogP contribution in [0.25, 0.3) is 0 Å². The number of hydrogen-bond donors (Lipinski definition) is 0. The summed E-state index contributed by atoms with van der Waals surface area (Å²) >= 11 is 0. The van der Waals surface area contributed by atoms with Gasteiger partial charge < -0.3 is 4.74 Å². The van der Waals surface area contributed by atoms with E-state index in [0.717, 1.165) is 0 Å². The van der Waals surface area contributed by atoms with E-state index in [1.165, 1.54) is 128 Å². The van der Waals surface area contributed by atoms with Crippen molar-refractivity contribution >= 4 is 0 Å². The fourth-order valence-corrected chi connectivity index (χ4v) is 4.06. The first-order valence-corrected chi connectivity index (χ1v) is 12.8. The summed E-state index contributed by atoms with van der Waals surface area (Å²) in [5, 5.41) is 0. The summed E-state index contributed by atoms with van der Waals surface area (Å²) in [5.41, 5.74) is 0. The maximum atomic E-state index is 5.77. The van der Waals surface area contributed by atoms with E-state index in [0.29, 0.717) is 12.2 Å². The lowest BCUT2D eigenvalue weighted by molar-refractivity contribution is 0.372. The van der Waals surface area contributed by atoms with Crippen LogP contribution in [-0.4, -0.2) is 12.2 Å². The van der Waals surface area contributed by atoms with Crippen molar-refractivity contribution in [1.82, 2.24) is 0 Å². The molecule has 1 rings (SSSR count). The van der Waals surface area contributed by atoms with Crippen LogP contribution in [-0.2, 0) is 4.74 Å². The minimum atomic E-state index is 0.452. The highest BCUT2D eigenvalue weighted by atomic mass is 16.6. The maximum Gasteiger partial charge on any atom is 0.102 e. The molecule has 1 fully saturated rings. The number of hydrogen-bond acceptors (Lipinski definition) is 1. The third kappa shape index (κ3) is 16.4.